The first-order chi connectivity index (χ1) is 8.65. The van der Waals surface area contributed by atoms with Crippen molar-refractivity contribution in [3.63, 3.8) is 0 Å². The van der Waals surface area contributed by atoms with E-state index in [2.05, 4.69) is 21.2 Å². The fraction of sp³-hybridized carbons (Fsp3) is 0.538. The van der Waals surface area contributed by atoms with Crippen LogP contribution in [0, 0.1) is 22.0 Å². The first-order valence-electron chi connectivity index (χ1n) is 6.35. The summed E-state index contributed by atoms with van der Waals surface area (Å²) in [5.41, 5.74) is 0.999. The summed E-state index contributed by atoms with van der Waals surface area (Å²) in [5.74, 6) is 1.53. The molecule has 0 radical (unpaired) electrons. The maximum absolute atomic E-state index is 10.8. The number of rotatable bonds is 5. The van der Waals surface area contributed by atoms with Gasteiger partial charge in [-0.2, -0.15) is 0 Å². The van der Waals surface area contributed by atoms with Gasteiger partial charge < -0.3 is 5.32 Å². The van der Waals surface area contributed by atoms with Gasteiger partial charge in [-0.1, -0.05) is 0 Å². The molecule has 96 valence electrons. The number of benzene rings is 1. The van der Waals surface area contributed by atoms with Gasteiger partial charge in [-0.05, 0) is 59.5 Å². The zero-order chi connectivity index (χ0) is 12.7. The van der Waals surface area contributed by atoms with Crippen molar-refractivity contribution in [2.75, 3.05) is 5.32 Å². The lowest BCUT2D eigenvalue weighted by atomic mass is 10.1. The van der Waals surface area contributed by atoms with Gasteiger partial charge in [-0.25, -0.2) is 0 Å². The van der Waals surface area contributed by atoms with E-state index in [0.29, 0.717) is 6.04 Å². The molecule has 5 heteroatoms. The van der Waals surface area contributed by atoms with E-state index in [9.17, 15) is 10.1 Å². The van der Waals surface area contributed by atoms with E-state index in [0.717, 1.165) is 22.0 Å². The highest BCUT2D eigenvalue weighted by atomic mass is 79.9. The summed E-state index contributed by atoms with van der Waals surface area (Å²) in [6.45, 7) is 0. The second kappa shape index (κ2) is 4.53. The second-order valence-electron chi connectivity index (χ2n) is 5.27. The smallest absolute Gasteiger partial charge is 0.271 e. The lowest BCUT2D eigenvalue weighted by molar-refractivity contribution is -0.384. The molecule has 0 atom stereocenters. The Balaban J connectivity index is 1.81. The van der Waals surface area contributed by atoms with Gasteiger partial charge in [0.1, 0.15) is 0 Å². The monoisotopic (exact) mass is 310 g/mol. The minimum absolute atomic E-state index is 0.144. The number of hydrogen-bond donors (Lipinski definition) is 1. The summed E-state index contributed by atoms with van der Waals surface area (Å²) >= 11 is 3.46. The fourth-order valence-corrected chi connectivity index (χ4v) is 2.81. The quantitative estimate of drug-likeness (QED) is 0.661. The minimum Gasteiger partial charge on any atom is -0.381 e. The second-order valence-corrected chi connectivity index (χ2v) is 6.12. The number of anilines is 1. The largest absolute Gasteiger partial charge is 0.381 e. The molecule has 1 aromatic rings. The van der Waals surface area contributed by atoms with Crippen LogP contribution in [0.2, 0.25) is 0 Å². The van der Waals surface area contributed by atoms with Gasteiger partial charge in [-0.3, -0.25) is 10.1 Å². The number of nitrogens with one attached hydrogen (secondary N) is 1. The standard InChI is InChI=1S/C13H15BrN2O2/c14-11-6-5-10(16(17)18)7-12(11)15-13(8-1-2-8)9-3-4-9/h5-9,13,15H,1-4H2. The molecule has 18 heavy (non-hydrogen) atoms. The van der Waals surface area contributed by atoms with E-state index < -0.39 is 0 Å². The van der Waals surface area contributed by atoms with E-state index in [1.807, 2.05) is 0 Å². The third kappa shape index (κ3) is 2.51. The third-order valence-electron chi connectivity index (χ3n) is 3.74. The molecular formula is C13H15BrN2O2. The molecule has 4 nitrogen and oxygen atoms in total. The molecule has 0 aromatic heterocycles. The summed E-state index contributed by atoms with van der Waals surface area (Å²) in [6.07, 6.45) is 5.17. The normalized spacial score (nSPS) is 19.0. The highest BCUT2D eigenvalue weighted by Gasteiger charge is 2.41. The van der Waals surface area contributed by atoms with Crippen molar-refractivity contribution in [3.8, 4) is 0 Å². The molecule has 2 aliphatic carbocycles. The number of nitrogens with zero attached hydrogens (tertiary/aromatic N) is 1. The molecule has 2 saturated carbocycles. The summed E-state index contributed by atoms with van der Waals surface area (Å²) in [4.78, 5) is 10.5. The third-order valence-corrected chi connectivity index (χ3v) is 4.43. The van der Waals surface area contributed by atoms with Gasteiger partial charge in [0.25, 0.3) is 5.69 Å². The van der Waals surface area contributed by atoms with Crippen molar-refractivity contribution >= 4 is 27.3 Å². The van der Waals surface area contributed by atoms with Crippen LogP contribution in [0.25, 0.3) is 0 Å². The summed E-state index contributed by atoms with van der Waals surface area (Å²) in [7, 11) is 0. The van der Waals surface area contributed by atoms with Crippen molar-refractivity contribution in [1.29, 1.82) is 0 Å². The van der Waals surface area contributed by atoms with Crippen LogP contribution >= 0.6 is 15.9 Å². The summed E-state index contributed by atoms with van der Waals surface area (Å²) in [6, 6.07) is 5.40. The molecule has 0 spiro atoms. The van der Waals surface area contributed by atoms with Gasteiger partial charge in [-0.15, -0.1) is 0 Å². The van der Waals surface area contributed by atoms with Crippen LogP contribution in [0.3, 0.4) is 0 Å². The number of hydrogen-bond acceptors (Lipinski definition) is 3. The van der Waals surface area contributed by atoms with Crippen molar-refractivity contribution in [2.45, 2.75) is 31.7 Å². The molecule has 0 amide bonds. The van der Waals surface area contributed by atoms with Crippen LogP contribution in [0.1, 0.15) is 25.7 Å². The lowest BCUT2D eigenvalue weighted by Crippen LogP contribution is -2.24. The van der Waals surface area contributed by atoms with Crippen LogP contribution < -0.4 is 5.32 Å². The van der Waals surface area contributed by atoms with Crippen molar-refractivity contribution in [1.82, 2.24) is 0 Å². The average Bonchev–Trinajstić information content (AvgIpc) is 3.20. The SMILES string of the molecule is O=[N+]([O-])c1ccc(Br)c(NC(C2CC2)C2CC2)c1. The summed E-state index contributed by atoms with van der Waals surface area (Å²) in [5, 5.41) is 14.3. The van der Waals surface area contributed by atoms with Gasteiger partial charge >= 0.3 is 0 Å². The number of nitro benzene ring substituents is 1. The number of nitro groups is 1. The Labute approximate surface area is 114 Å². The van der Waals surface area contributed by atoms with E-state index in [1.54, 1.807) is 12.1 Å². The Morgan fingerprint density at radius 2 is 1.89 bits per heavy atom. The Morgan fingerprint density at radius 1 is 1.28 bits per heavy atom. The highest BCUT2D eigenvalue weighted by molar-refractivity contribution is 9.10. The topological polar surface area (TPSA) is 55.2 Å². The van der Waals surface area contributed by atoms with Crippen molar-refractivity contribution in [2.24, 2.45) is 11.8 Å². The molecule has 3 rings (SSSR count). The van der Waals surface area contributed by atoms with Gasteiger partial charge in [0.15, 0.2) is 0 Å². The molecule has 0 unspecified atom stereocenters. The molecule has 0 bridgehead atoms. The lowest BCUT2D eigenvalue weighted by Gasteiger charge is -2.19. The van der Waals surface area contributed by atoms with Gasteiger partial charge in [0, 0.05) is 22.6 Å². The van der Waals surface area contributed by atoms with Gasteiger partial charge in [0.2, 0.25) is 0 Å². The van der Waals surface area contributed by atoms with Crippen molar-refractivity contribution in [3.05, 3.63) is 32.8 Å². The Kier molecular flexibility index (Phi) is 3.01. The Hall–Kier alpha value is -1.10. The minimum atomic E-state index is -0.346. The maximum Gasteiger partial charge on any atom is 0.271 e. The zero-order valence-electron chi connectivity index (χ0n) is 9.93. The fourth-order valence-electron chi connectivity index (χ4n) is 2.45. The molecule has 1 N–H and O–H groups in total. The van der Waals surface area contributed by atoms with Crippen LogP contribution in [-0.4, -0.2) is 11.0 Å². The predicted octanol–water partition coefficient (Wildman–Crippen LogP) is 3.96. The highest BCUT2D eigenvalue weighted by Crippen LogP contribution is 2.46. The molecular weight excluding hydrogens is 296 g/mol. The number of halogens is 1. The molecule has 0 saturated heterocycles. The average molecular weight is 311 g/mol. The van der Waals surface area contributed by atoms with E-state index in [-0.39, 0.29) is 10.6 Å². The zero-order valence-corrected chi connectivity index (χ0v) is 11.5. The summed E-state index contributed by atoms with van der Waals surface area (Å²) < 4.78 is 0.902. The van der Waals surface area contributed by atoms with Crippen molar-refractivity contribution < 1.29 is 4.92 Å². The van der Waals surface area contributed by atoms with E-state index >= 15 is 0 Å². The van der Waals surface area contributed by atoms with Crippen LogP contribution in [-0.2, 0) is 0 Å². The van der Waals surface area contributed by atoms with Crippen LogP contribution in [0.5, 0.6) is 0 Å². The van der Waals surface area contributed by atoms with Crippen LogP contribution in [0.4, 0.5) is 11.4 Å². The maximum atomic E-state index is 10.8. The molecule has 2 fully saturated rings. The van der Waals surface area contributed by atoms with E-state index in [4.69, 9.17) is 0 Å². The molecule has 0 heterocycles. The number of non-ortho nitro benzene ring substituents is 1. The molecule has 2 aliphatic rings. The first kappa shape index (κ1) is 12.0. The molecule has 0 aliphatic heterocycles. The molecule has 1 aromatic carbocycles. The Bertz CT molecular complexity index is 472. The predicted molar refractivity (Wildman–Crippen MR) is 73.7 cm³/mol. The first-order valence-corrected chi connectivity index (χ1v) is 7.15. The van der Waals surface area contributed by atoms with E-state index in [1.165, 1.54) is 31.7 Å². The van der Waals surface area contributed by atoms with Crippen LogP contribution in [0.15, 0.2) is 22.7 Å². The Morgan fingerprint density at radius 3 is 2.39 bits per heavy atom. The van der Waals surface area contributed by atoms with Gasteiger partial charge in [0.05, 0.1) is 10.6 Å².